The van der Waals surface area contributed by atoms with Crippen molar-refractivity contribution >= 4 is 23.2 Å². The number of nitrogens with one attached hydrogen (secondary N) is 2. The van der Waals surface area contributed by atoms with E-state index in [9.17, 15) is 9.59 Å². The van der Waals surface area contributed by atoms with E-state index in [0.717, 1.165) is 11.1 Å². The van der Waals surface area contributed by atoms with Crippen molar-refractivity contribution in [1.82, 2.24) is 10.6 Å². The van der Waals surface area contributed by atoms with Crippen molar-refractivity contribution < 1.29 is 9.59 Å². The van der Waals surface area contributed by atoms with Crippen LogP contribution in [0.2, 0.25) is 0 Å². The van der Waals surface area contributed by atoms with Crippen LogP contribution in [0.5, 0.6) is 0 Å². The fourth-order valence-electron chi connectivity index (χ4n) is 2.12. The maximum Gasteiger partial charge on any atom is 0.315 e. The second kappa shape index (κ2) is 8.57. The largest absolute Gasteiger partial charge is 0.399 e. The molecule has 6 N–H and O–H groups in total. The molecule has 2 aromatic carbocycles. The lowest BCUT2D eigenvalue weighted by Gasteiger charge is -2.08. The number of aryl methyl sites for hydroxylation is 1. The average Bonchev–Trinajstić information content (AvgIpc) is 2.59. The highest BCUT2D eigenvalue weighted by molar-refractivity contribution is 5.85. The highest BCUT2D eigenvalue weighted by Gasteiger charge is 2.06. The molecule has 0 spiro atoms. The molecule has 0 aliphatic carbocycles. The highest BCUT2D eigenvalue weighted by atomic mass is 16.2. The van der Waals surface area contributed by atoms with Crippen LogP contribution in [0.3, 0.4) is 0 Å². The standard InChI is InChI=1S/C18H22N4O2/c19-15-6-1-13(2-7-15)5-10-17(23)12-22-18(24)21-11-14-3-8-16(20)9-4-14/h1-4,6-9H,5,10-12,19-20H2,(H2,21,22,24). The van der Waals surface area contributed by atoms with Crippen LogP contribution < -0.4 is 22.1 Å². The number of hydrogen-bond donors (Lipinski definition) is 4. The van der Waals surface area contributed by atoms with Gasteiger partial charge in [-0.25, -0.2) is 4.79 Å². The summed E-state index contributed by atoms with van der Waals surface area (Å²) in [7, 11) is 0. The highest BCUT2D eigenvalue weighted by Crippen LogP contribution is 2.08. The summed E-state index contributed by atoms with van der Waals surface area (Å²) in [5, 5.41) is 5.26. The van der Waals surface area contributed by atoms with Crippen molar-refractivity contribution in [3.63, 3.8) is 0 Å². The number of nitrogens with two attached hydrogens (primary N) is 2. The van der Waals surface area contributed by atoms with Crippen molar-refractivity contribution in [3.8, 4) is 0 Å². The summed E-state index contributed by atoms with van der Waals surface area (Å²) in [4.78, 5) is 23.5. The Balaban J connectivity index is 1.64. The molecular weight excluding hydrogens is 304 g/mol. The SMILES string of the molecule is Nc1ccc(CCC(=O)CNC(=O)NCc2ccc(N)cc2)cc1. The smallest absolute Gasteiger partial charge is 0.315 e. The number of rotatable bonds is 7. The first-order valence-electron chi connectivity index (χ1n) is 7.75. The molecule has 2 aromatic rings. The van der Waals surface area contributed by atoms with Gasteiger partial charge < -0.3 is 22.1 Å². The van der Waals surface area contributed by atoms with Gasteiger partial charge in [0.05, 0.1) is 6.54 Å². The topological polar surface area (TPSA) is 110 Å². The summed E-state index contributed by atoms with van der Waals surface area (Å²) in [6, 6.07) is 14.3. The van der Waals surface area contributed by atoms with Crippen molar-refractivity contribution in [3.05, 3.63) is 59.7 Å². The van der Waals surface area contributed by atoms with E-state index in [1.165, 1.54) is 0 Å². The van der Waals surface area contributed by atoms with Gasteiger partial charge in [0.1, 0.15) is 0 Å². The first-order chi connectivity index (χ1) is 11.5. The number of benzene rings is 2. The van der Waals surface area contributed by atoms with Gasteiger partial charge in [0.2, 0.25) is 0 Å². The van der Waals surface area contributed by atoms with Gasteiger partial charge in [-0.1, -0.05) is 24.3 Å². The Morgan fingerprint density at radius 2 is 1.33 bits per heavy atom. The summed E-state index contributed by atoms with van der Waals surface area (Å²) in [6.07, 6.45) is 1.01. The number of Topliss-reactive ketones (excluding diaryl/α,β-unsaturated/α-hetero) is 1. The van der Waals surface area contributed by atoms with Gasteiger partial charge in [-0.05, 0) is 41.8 Å². The number of amides is 2. The van der Waals surface area contributed by atoms with Crippen LogP contribution in [0.4, 0.5) is 16.2 Å². The second-order valence-electron chi connectivity index (χ2n) is 5.56. The lowest BCUT2D eigenvalue weighted by molar-refractivity contribution is -0.118. The third kappa shape index (κ3) is 6.00. The number of anilines is 2. The maximum absolute atomic E-state index is 11.8. The summed E-state index contributed by atoms with van der Waals surface area (Å²) in [5.41, 5.74) is 14.6. The minimum Gasteiger partial charge on any atom is -0.399 e. The molecule has 126 valence electrons. The first-order valence-corrected chi connectivity index (χ1v) is 7.75. The van der Waals surface area contributed by atoms with E-state index in [-0.39, 0.29) is 18.4 Å². The minimum atomic E-state index is -0.368. The first kappa shape index (κ1) is 17.3. The zero-order valence-corrected chi connectivity index (χ0v) is 13.4. The van der Waals surface area contributed by atoms with E-state index in [0.29, 0.717) is 30.8 Å². The van der Waals surface area contributed by atoms with Gasteiger partial charge in [-0.15, -0.1) is 0 Å². The van der Waals surface area contributed by atoms with Crippen molar-refractivity contribution in [1.29, 1.82) is 0 Å². The predicted molar refractivity (Wildman–Crippen MR) is 95.3 cm³/mol. The molecule has 0 saturated carbocycles. The predicted octanol–water partition coefficient (Wildman–Crippen LogP) is 1.85. The van der Waals surface area contributed by atoms with Crippen LogP contribution in [-0.4, -0.2) is 18.4 Å². The summed E-state index contributed by atoms with van der Waals surface area (Å²) in [6.45, 7) is 0.397. The van der Waals surface area contributed by atoms with Crippen LogP contribution in [0.1, 0.15) is 17.5 Å². The molecule has 0 aromatic heterocycles. The third-order valence-corrected chi connectivity index (χ3v) is 3.55. The minimum absolute atomic E-state index is 0.0164. The van der Waals surface area contributed by atoms with Crippen molar-refractivity contribution in [2.75, 3.05) is 18.0 Å². The van der Waals surface area contributed by atoms with Crippen LogP contribution >= 0.6 is 0 Å². The number of ketones is 1. The molecule has 0 unspecified atom stereocenters. The number of urea groups is 1. The fourth-order valence-corrected chi connectivity index (χ4v) is 2.12. The summed E-state index contributed by atoms with van der Waals surface area (Å²) < 4.78 is 0. The zero-order valence-electron chi connectivity index (χ0n) is 13.4. The Hall–Kier alpha value is -3.02. The molecule has 0 aliphatic heterocycles. The molecule has 6 heteroatoms. The van der Waals surface area contributed by atoms with Crippen LogP contribution in [0.15, 0.2) is 48.5 Å². The van der Waals surface area contributed by atoms with E-state index >= 15 is 0 Å². The number of carbonyl (C=O) groups is 2. The monoisotopic (exact) mass is 326 g/mol. The lowest BCUT2D eigenvalue weighted by atomic mass is 10.1. The average molecular weight is 326 g/mol. The molecule has 0 bridgehead atoms. The van der Waals surface area contributed by atoms with Crippen molar-refractivity contribution in [2.24, 2.45) is 0 Å². The molecule has 0 radical (unpaired) electrons. The Morgan fingerprint density at radius 1 is 0.792 bits per heavy atom. The molecule has 24 heavy (non-hydrogen) atoms. The lowest BCUT2D eigenvalue weighted by Crippen LogP contribution is -2.38. The van der Waals surface area contributed by atoms with E-state index in [1.807, 2.05) is 36.4 Å². The molecule has 0 heterocycles. The van der Waals surface area contributed by atoms with E-state index < -0.39 is 0 Å². The molecule has 2 amide bonds. The Morgan fingerprint density at radius 3 is 1.92 bits per heavy atom. The van der Waals surface area contributed by atoms with Gasteiger partial charge >= 0.3 is 6.03 Å². The van der Waals surface area contributed by atoms with Crippen LogP contribution in [0, 0.1) is 0 Å². The molecule has 0 aliphatic rings. The summed E-state index contributed by atoms with van der Waals surface area (Å²) >= 11 is 0. The Bertz CT molecular complexity index is 620. The van der Waals surface area contributed by atoms with Gasteiger partial charge in [0, 0.05) is 24.3 Å². The van der Waals surface area contributed by atoms with Crippen LogP contribution in [-0.2, 0) is 17.8 Å². The zero-order chi connectivity index (χ0) is 17.4. The number of hydrogen-bond acceptors (Lipinski definition) is 4. The summed E-state index contributed by atoms with van der Waals surface area (Å²) in [5.74, 6) is -0.0190. The van der Waals surface area contributed by atoms with E-state index in [2.05, 4.69) is 10.6 Å². The molecule has 0 saturated heterocycles. The molecular formula is C18H22N4O2. The van der Waals surface area contributed by atoms with Crippen LogP contribution in [0.25, 0.3) is 0 Å². The quantitative estimate of drug-likeness (QED) is 0.582. The molecule has 0 atom stereocenters. The number of nitrogen functional groups attached to an aromatic ring is 2. The molecule has 6 nitrogen and oxygen atoms in total. The van der Waals surface area contributed by atoms with Gasteiger partial charge in [-0.3, -0.25) is 4.79 Å². The van der Waals surface area contributed by atoms with Crippen molar-refractivity contribution in [2.45, 2.75) is 19.4 Å². The van der Waals surface area contributed by atoms with Gasteiger partial charge in [-0.2, -0.15) is 0 Å². The Kier molecular flexibility index (Phi) is 6.19. The third-order valence-electron chi connectivity index (χ3n) is 3.55. The number of carbonyl (C=O) groups excluding carboxylic acids is 2. The maximum atomic E-state index is 11.8. The molecule has 2 rings (SSSR count). The van der Waals surface area contributed by atoms with E-state index in [1.54, 1.807) is 12.1 Å². The van der Waals surface area contributed by atoms with E-state index in [4.69, 9.17) is 11.5 Å². The second-order valence-corrected chi connectivity index (χ2v) is 5.56. The molecule has 0 fully saturated rings. The Labute approximate surface area is 141 Å². The van der Waals surface area contributed by atoms with Gasteiger partial charge in [0.25, 0.3) is 0 Å². The normalized spacial score (nSPS) is 10.2. The van der Waals surface area contributed by atoms with Gasteiger partial charge in [0.15, 0.2) is 5.78 Å². The fraction of sp³-hybridized carbons (Fsp3) is 0.222.